The molecule has 8 heteroatoms. The number of nitrogens with one attached hydrogen (secondary N) is 1. The Morgan fingerprint density at radius 3 is 2.29 bits per heavy atom. The summed E-state index contributed by atoms with van der Waals surface area (Å²) in [5.41, 5.74) is 6.03. The number of para-hydroxylation sites is 1. The monoisotopic (exact) mass is 382 g/mol. The van der Waals surface area contributed by atoms with Gasteiger partial charge in [-0.15, -0.1) is 0 Å². The van der Waals surface area contributed by atoms with E-state index in [0.717, 1.165) is 5.56 Å². The number of imide groups is 1. The highest BCUT2D eigenvalue weighted by molar-refractivity contribution is 6.24. The molecule has 0 radical (unpaired) electrons. The fourth-order valence-electron chi connectivity index (χ4n) is 2.30. The van der Waals surface area contributed by atoms with E-state index in [4.69, 9.17) is 15.6 Å². The van der Waals surface area contributed by atoms with Crippen molar-refractivity contribution in [2.24, 2.45) is 5.73 Å². The summed E-state index contributed by atoms with van der Waals surface area (Å²) in [5, 5.41) is 10.8. The zero-order valence-corrected chi connectivity index (χ0v) is 15.0. The van der Waals surface area contributed by atoms with Crippen LogP contribution in [-0.2, 0) is 16.2 Å². The van der Waals surface area contributed by atoms with E-state index in [-0.39, 0.29) is 17.7 Å². The first-order chi connectivity index (χ1) is 13.3. The lowest BCUT2D eigenvalue weighted by Gasteiger charge is -2.11. The molecule has 0 aliphatic heterocycles. The summed E-state index contributed by atoms with van der Waals surface area (Å²) in [4.78, 5) is 45.5. The van der Waals surface area contributed by atoms with Crippen LogP contribution in [0.5, 0.6) is 5.75 Å². The number of aromatic carboxylic acids is 1. The van der Waals surface area contributed by atoms with Crippen molar-refractivity contribution in [2.45, 2.75) is 13.5 Å². The summed E-state index contributed by atoms with van der Waals surface area (Å²) in [7, 11) is 0. The third kappa shape index (κ3) is 5.53. The molecule has 0 aromatic heterocycles. The number of carbonyl (C=O) groups is 4. The molecular weight excluding hydrogens is 364 g/mol. The van der Waals surface area contributed by atoms with Crippen molar-refractivity contribution in [3.8, 4) is 5.75 Å². The lowest BCUT2D eigenvalue weighted by atomic mass is 10.1. The van der Waals surface area contributed by atoms with Gasteiger partial charge in [-0.3, -0.25) is 14.9 Å². The average Bonchev–Trinajstić information content (AvgIpc) is 2.64. The Kier molecular flexibility index (Phi) is 6.64. The van der Waals surface area contributed by atoms with Gasteiger partial charge in [-0.05, 0) is 36.8 Å². The molecule has 2 rings (SSSR count). The van der Waals surface area contributed by atoms with Gasteiger partial charge in [-0.1, -0.05) is 30.3 Å². The Hall–Kier alpha value is -3.94. The number of primary amides is 1. The molecule has 0 bridgehead atoms. The topological polar surface area (TPSA) is 136 Å². The lowest BCUT2D eigenvalue weighted by molar-refractivity contribution is -0.120. The third-order valence-electron chi connectivity index (χ3n) is 3.67. The number of hydrogen-bond donors (Lipinski definition) is 3. The molecule has 0 spiro atoms. The number of rotatable bonds is 7. The van der Waals surface area contributed by atoms with Crippen molar-refractivity contribution >= 4 is 29.8 Å². The molecule has 0 saturated carbocycles. The molecule has 0 aliphatic carbocycles. The number of amides is 3. The summed E-state index contributed by atoms with van der Waals surface area (Å²) in [5.74, 6) is -2.07. The van der Waals surface area contributed by atoms with E-state index in [9.17, 15) is 19.2 Å². The first-order valence-corrected chi connectivity index (χ1v) is 8.15. The standard InChI is InChI=1S/C20H18N2O6/c1-12(23)16(18(24)22-20(21)27)10-15-4-2-3-5-17(15)28-11-13-6-8-14(9-7-13)19(25)26/h2-10H,11H2,1H3,(H,25,26)(H3,21,22,24,27)/b16-10-. The van der Waals surface area contributed by atoms with Crippen molar-refractivity contribution < 1.29 is 29.0 Å². The Labute approximate surface area is 160 Å². The Morgan fingerprint density at radius 2 is 1.71 bits per heavy atom. The van der Waals surface area contributed by atoms with Crippen LogP contribution < -0.4 is 15.8 Å². The molecule has 0 aliphatic rings. The average molecular weight is 382 g/mol. The highest BCUT2D eigenvalue weighted by Crippen LogP contribution is 2.22. The van der Waals surface area contributed by atoms with Gasteiger partial charge >= 0.3 is 12.0 Å². The van der Waals surface area contributed by atoms with Crippen LogP contribution in [0.1, 0.15) is 28.4 Å². The molecule has 4 N–H and O–H groups in total. The van der Waals surface area contributed by atoms with Crippen molar-refractivity contribution in [3.63, 3.8) is 0 Å². The minimum absolute atomic E-state index is 0.146. The first-order valence-electron chi connectivity index (χ1n) is 8.15. The van der Waals surface area contributed by atoms with E-state index < -0.39 is 23.7 Å². The molecule has 2 aromatic carbocycles. The molecule has 0 unspecified atom stereocenters. The second kappa shape index (κ2) is 9.13. The van der Waals surface area contributed by atoms with E-state index in [1.54, 1.807) is 36.4 Å². The molecular formula is C20H18N2O6. The van der Waals surface area contributed by atoms with E-state index in [1.165, 1.54) is 25.1 Å². The van der Waals surface area contributed by atoms with Crippen LogP contribution in [0.15, 0.2) is 54.1 Å². The van der Waals surface area contributed by atoms with Crippen LogP contribution in [0.2, 0.25) is 0 Å². The Morgan fingerprint density at radius 1 is 1.07 bits per heavy atom. The molecule has 0 atom stereocenters. The number of carbonyl (C=O) groups excluding carboxylic acids is 3. The zero-order valence-electron chi connectivity index (χ0n) is 15.0. The van der Waals surface area contributed by atoms with Gasteiger partial charge in [0.25, 0.3) is 5.91 Å². The van der Waals surface area contributed by atoms with E-state index in [2.05, 4.69) is 0 Å². The number of ketones is 1. The number of Topliss-reactive ketones (excluding diaryl/α,β-unsaturated/α-hetero) is 1. The predicted molar refractivity (Wildman–Crippen MR) is 101 cm³/mol. The highest BCUT2D eigenvalue weighted by Gasteiger charge is 2.17. The fourth-order valence-corrected chi connectivity index (χ4v) is 2.30. The second-order valence-corrected chi connectivity index (χ2v) is 5.76. The largest absolute Gasteiger partial charge is 0.488 e. The van der Waals surface area contributed by atoms with E-state index in [1.807, 2.05) is 5.32 Å². The van der Waals surface area contributed by atoms with Gasteiger partial charge in [-0.2, -0.15) is 0 Å². The minimum Gasteiger partial charge on any atom is -0.488 e. The van der Waals surface area contributed by atoms with Crippen LogP contribution in [0.25, 0.3) is 6.08 Å². The van der Waals surface area contributed by atoms with Crippen molar-refractivity contribution in [1.29, 1.82) is 0 Å². The molecule has 0 saturated heterocycles. The normalized spacial score (nSPS) is 10.8. The molecule has 144 valence electrons. The van der Waals surface area contributed by atoms with Crippen molar-refractivity contribution in [2.75, 3.05) is 0 Å². The molecule has 3 amide bonds. The number of carboxylic acids is 1. The predicted octanol–water partition coefficient (Wildman–Crippen LogP) is 2.13. The number of urea groups is 1. The van der Waals surface area contributed by atoms with Crippen LogP contribution in [0.4, 0.5) is 4.79 Å². The van der Waals surface area contributed by atoms with E-state index >= 15 is 0 Å². The number of carboxylic acid groups (broad SMARTS) is 1. The molecule has 8 nitrogen and oxygen atoms in total. The summed E-state index contributed by atoms with van der Waals surface area (Å²) >= 11 is 0. The minimum atomic E-state index is -1.06. The van der Waals surface area contributed by atoms with Gasteiger partial charge in [0.1, 0.15) is 12.4 Å². The fraction of sp³-hybridized carbons (Fsp3) is 0.100. The number of hydrogen-bond acceptors (Lipinski definition) is 5. The molecule has 2 aromatic rings. The smallest absolute Gasteiger partial charge is 0.335 e. The molecule has 0 heterocycles. The summed E-state index contributed by atoms with van der Waals surface area (Å²) in [6.45, 7) is 1.34. The number of benzene rings is 2. The number of nitrogens with two attached hydrogens (primary N) is 1. The summed E-state index contributed by atoms with van der Waals surface area (Å²) in [6.07, 6.45) is 1.31. The van der Waals surface area contributed by atoms with Crippen LogP contribution >= 0.6 is 0 Å². The Bertz CT molecular complexity index is 947. The van der Waals surface area contributed by atoms with Gasteiger partial charge in [0.05, 0.1) is 11.1 Å². The SMILES string of the molecule is CC(=O)/C(=C/c1ccccc1OCc1ccc(C(=O)O)cc1)C(=O)NC(N)=O. The lowest BCUT2D eigenvalue weighted by Crippen LogP contribution is -2.37. The quantitative estimate of drug-likeness (QED) is 0.381. The maximum absolute atomic E-state index is 12.0. The van der Waals surface area contributed by atoms with Gasteiger partial charge < -0.3 is 15.6 Å². The van der Waals surface area contributed by atoms with Crippen LogP contribution in [-0.4, -0.2) is 28.8 Å². The number of ether oxygens (including phenoxy) is 1. The van der Waals surface area contributed by atoms with Crippen molar-refractivity contribution in [3.05, 3.63) is 70.8 Å². The third-order valence-corrected chi connectivity index (χ3v) is 3.67. The highest BCUT2D eigenvalue weighted by atomic mass is 16.5. The van der Waals surface area contributed by atoms with Crippen molar-refractivity contribution in [1.82, 2.24) is 5.32 Å². The Balaban J connectivity index is 2.23. The summed E-state index contributed by atoms with van der Waals surface area (Å²) in [6, 6.07) is 11.8. The van der Waals surface area contributed by atoms with Crippen LogP contribution in [0, 0.1) is 0 Å². The summed E-state index contributed by atoms with van der Waals surface area (Å²) < 4.78 is 5.74. The van der Waals surface area contributed by atoms with Crippen LogP contribution in [0.3, 0.4) is 0 Å². The van der Waals surface area contributed by atoms with Gasteiger partial charge in [0.15, 0.2) is 5.78 Å². The zero-order chi connectivity index (χ0) is 20.7. The van der Waals surface area contributed by atoms with E-state index in [0.29, 0.717) is 11.3 Å². The molecule has 28 heavy (non-hydrogen) atoms. The van der Waals surface area contributed by atoms with Gasteiger partial charge in [0.2, 0.25) is 0 Å². The molecule has 0 fully saturated rings. The van der Waals surface area contributed by atoms with Gasteiger partial charge in [0, 0.05) is 5.56 Å². The van der Waals surface area contributed by atoms with Gasteiger partial charge in [-0.25, -0.2) is 9.59 Å². The maximum atomic E-state index is 12.0. The second-order valence-electron chi connectivity index (χ2n) is 5.76. The first kappa shape index (κ1) is 20.4. The maximum Gasteiger partial charge on any atom is 0.335 e.